The van der Waals surface area contributed by atoms with Gasteiger partial charge in [-0.1, -0.05) is 54.6 Å². The lowest BCUT2D eigenvalue weighted by molar-refractivity contribution is -0.136. The van der Waals surface area contributed by atoms with Crippen LogP contribution in [0.1, 0.15) is 83.4 Å². The molecule has 3 fully saturated rings. The van der Waals surface area contributed by atoms with Gasteiger partial charge in [-0.3, -0.25) is 39.2 Å². The van der Waals surface area contributed by atoms with Crippen molar-refractivity contribution in [1.82, 2.24) is 20.0 Å². The maximum absolute atomic E-state index is 13.5. The molecule has 11 nitrogen and oxygen atoms in total. The zero-order valence-corrected chi connectivity index (χ0v) is 35.7. The number of carbonyl (C=O) groups excluding carboxylic acids is 4. The predicted octanol–water partition coefficient (Wildman–Crippen LogP) is 7.07. The van der Waals surface area contributed by atoms with Gasteiger partial charge in [0.2, 0.25) is 11.8 Å². The number of nitrogens with zero attached hydrogens (tertiary/aromatic N) is 4. The van der Waals surface area contributed by atoms with E-state index in [0.717, 1.165) is 96.3 Å². The maximum atomic E-state index is 13.5. The molecule has 12 heteroatoms. The summed E-state index contributed by atoms with van der Waals surface area (Å²) < 4.78 is 6.27. The molecule has 3 unspecified atom stereocenters. The Morgan fingerprint density at radius 1 is 0.787 bits per heavy atom. The molecule has 0 aliphatic carbocycles. The van der Waals surface area contributed by atoms with E-state index in [1.807, 2.05) is 48.5 Å². The van der Waals surface area contributed by atoms with Gasteiger partial charge in [-0.05, 0) is 129 Å². The first-order valence-electron chi connectivity index (χ1n) is 21.5. The molecule has 4 aliphatic rings. The summed E-state index contributed by atoms with van der Waals surface area (Å²) in [6, 6.07) is 31.0. The molecule has 4 amide bonds. The minimum absolute atomic E-state index is 0.0947. The normalized spacial score (nSPS) is 22.0. The van der Waals surface area contributed by atoms with Crippen LogP contribution in [-0.2, 0) is 9.59 Å². The summed E-state index contributed by atoms with van der Waals surface area (Å²) in [6.07, 6.45) is 3.21. The molecule has 4 aromatic rings. The Kier molecular flexibility index (Phi) is 12.9. The van der Waals surface area contributed by atoms with Gasteiger partial charge in [-0.2, -0.15) is 0 Å². The third kappa shape index (κ3) is 9.24. The van der Waals surface area contributed by atoms with E-state index in [1.165, 1.54) is 0 Å². The summed E-state index contributed by atoms with van der Waals surface area (Å²) in [4.78, 5) is 59.3. The highest BCUT2D eigenvalue weighted by Crippen LogP contribution is 2.37. The molecular formula is C49H54ClN5O6. The summed E-state index contributed by atoms with van der Waals surface area (Å²) in [5.74, 6) is 0.212. The number of carbonyl (C=O) groups is 4. The van der Waals surface area contributed by atoms with E-state index in [9.17, 15) is 24.3 Å². The van der Waals surface area contributed by atoms with E-state index in [0.29, 0.717) is 48.0 Å². The Hall–Kier alpha value is -5.49. The number of imide groups is 2. The number of rotatable bonds is 13. The summed E-state index contributed by atoms with van der Waals surface area (Å²) >= 11 is 6.34. The number of nitrogens with one attached hydrogen (secondary N) is 1. The van der Waals surface area contributed by atoms with E-state index in [2.05, 4.69) is 58.1 Å². The minimum Gasteiger partial charge on any atom is -0.508 e. The number of halogens is 1. The Labute approximate surface area is 362 Å². The van der Waals surface area contributed by atoms with E-state index in [1.54, 1.807) is 24.3 Å². The number of allylic oxidation sites excluding steroid dienone is 1. The number of amides is 4. The molecule has 0 bridgehead atoms. The van der Waals surface area contributed by atoms with Crippen LogP contribution < -0.4 is 15.0 Å². The number of alkyl halides is 1. The molecule has 61 heavy (non-hydrogen) atoms. The van der Waals surface area contributed by atoms with Gasteiger partial charge in [0.25, 0.3) is 11.8 Å². The van der Waals surface area contributed by atoms with Crippen LogP contribution in [0.25, 0.3) is 11.1 Å². The lowest BCUT2D eigenvalue weighted by Crippen LogP contribution is -2.58. The van der Waals surface area contributed by atoms with Gasteiger partial charge in [-0.25, -0.2) is 0 Å². The highest BCUT2D eigenvalue weighted by Gasteiger charge is 2.45. The Morgan fingerprint density at radius 3 is 2.10 bits per heavy atom. The molecule has 4 aromatic carbocycles. The number of piperidine rings is 2. The van der Waals surface area contributed by atoms with Gasteiger partial charge in [0, 0.05) is 56.3 Å². The molecule has 0 radical (unpaired) electrons. The number of aromatic hydroxyl groups is 1. The number of phenolic OH excluding ortho intramolecular Hbond substituents is 1. The van der Waals surface area contributed by atoms with Crippen molar-refractivity contribution >= 4 is 52.1 Å². The number of fused-ring (bicyclic) bond motifs is 1. The summed E-state index contributed by atoms with van der Waals surface area (Å²) in [5, 5.41) is 12.3. The van der Waals surface area contributed by atoms with E-state index < -0.39 is 23.8 Å². The number of hydrogen-bond acceptors (Lipinski definition) is 9. The molecule has 0 saturated carbocycles. The highest BCUT2D eigenvalue weighted by molar-refractivity contribution is 6.23. The molecule has 4 heterocycles. The van der Waals surface area contributed by atoms with Gasteiger partial charge in [0.1, 0.15) is 24.1 Å². The number of piperazine rings is 1. The number of benzene rings is 4. The first kappa shape index (κ1) is 42.2. The van der Waals surface area contributed by atoms with Crippen molar-refractivity contribution in [2.45, 2.75) is 64.1 Å². The second-order valence-electron chi connectivity index (χ2n) is 16.8. The Bertz CT molecular complexity index is 2260. The number of ether oxygens (including phenoxy) is 1. The smallest absolute Gasteiger partial charge is 0.262 e. The summed E-state index contributed by atoms with van der Waals surface area (Å²) in [5.41, 5.74) is 6.95. The Balaban J connectivity index is 0.819. The first-order valence-corrected chi connectivity index (χ1v) is 22.1. The molecule has 4 aliphatic heterocycles. The predicted molar refractivity (Wildman–Crippen MR) is 238 cm³/mol. The average molecular weight is 844 g/mol. The van der Waals surface area contributed by atoms with E-state index in [-0.39, 0.29) is 24.5 Å². The molecule has 318 valence electrons. The van der Waals surface area contributed by atoms with Crippen LogP contribution >= 0.6 is 11.6 Å². The molecule has 3 atom stereocenters. The van der Waals surface area contributed by atoms with Gasteiger partial charge >= 0.3 is 0 Å². The molecule has 2 N–H and O–H groups in total. The second-order valence-corrected chi connectivity index (χ2v) is 17.2. The maximum Gasteiger partial charge on any atom is 0.262 e. The van der Waals surface area contributed by atoms with Gasteiger partial charge < -0.3 is 14.7 Å². The third-order valence-corrected chi connectivity index (χ3v) is 13.0. The lowest BCUT2D eigenvalue weighted by atomic mass is 9.88. The topological polar surface area (TPSA) is 123 Å². The van der Waals surface area contributed by atoms with Crippen molar-refractivity contribution in [1.29, 1.82) is 0 Å². The molecule has 0 aromatic heterocycles. The van der Waals surface area contributed by atoms with Crippen LogP contribution in [0.15, 0.2) is 97.1 Å². The standard InChI is InChI=1S/C49H54ClN5O6/c1-32-29-53(38-12-17-42-43(28-38)49(60)55(48(42)59)44-18-19-45(57)51-47(44)58)30-33(2)54(32)31-34-21-24-52(25-22-34)26-27-61-40-15-10-37(11-16-40)46(36-8-13-39(56)14-9-36)41(20-23-50)35-6-4-3-5-7-35/h3-17,28,32-34,44,56H,18-27,29-31H2,1-2H3,(H,51,57,58). The monoisotopic (exact) mass is 843 g/mol. The van der Waals surface area contributed by atoms with Crippen LogP contribution in [0.3, 0.4) is 0 Å². The van der Waals surface area contributed by atoms with Crippen molar-refractivity contribution in [2.24, 2.45) is 5.92 Å². The molecule has 0 spiro atoms. The molecule has 3 saturated heterocycles. The van der Waals surface area contributed by atoms with Crippen LogP contribution in [0.2, 0.25) is 0 Å². The lowest BCUT2D eigenvalue weighted by Gasteiger charge is -2.47. The average Bonchev–Trinajstić information content (AvgIpc) is 3.51. The van der Waals surface area contributed by atoms with Gasteiger partial charge in [0.15, 0.2) is 0 Å². The fraction of sp³-hybridized carbons (Fsp3) is 0.388. The van der Waals surface area contributed by atoms with Crippen LogP contribution in [-0.4, -0.2) is 113 Å². The number of hydrogen-bond donors (Lipinski definition) is 2. The molecular weight excluding hydrogens is 790 g/mol. The zero-order chi connectivity index (χ0) is 42.6. The first-order chi connectivity index (χ1) is 29.6. The van der Waals surface area contributed by atoms with Gasteiger partial charge in [-0.15, -0.1) is 11.6 Å². The van der Waals surface area contributed by atoms with Crippen LogP contribution in [0, 0.1) is 5.92 Å². The summed E-state index contributed by atoms with van der Waals surface area (Å²) in [7, 11) is 0. The van der Waals surface area contributed by atoms with Crippen molar-refractivity contribution in [3.8, 4) is 11.5 Å². The Morgan fingerprint density at radius 2 is 1.44 bits per heavy atom. The third-order valence-electron chi connectivity index (χ3n) is 12.8. The number of likely N-dealkylation sites (tertiary alicyclic amines) is 1. The van der Waals surface area contributed by atoms with E-state index >= 15 is 0 Å². The molecule has 8 rings (SSSR count). The van der Waals surface area contributed by atoms with Crippen molar-refractivity contribution in [3.05, 3.63) is 125 Å². The number of anilines is 1. The quantitative estimate of drug-likeness (QED) is 0.0827. The summed E-state index contributed by atoms with van der Waals surface area (Å²) in [6.45, 7) is 10.7. The van der Waals surface area contributed by atoms with Crippen molar-refractivity contribution in [2.75, 3.05) is 56.7 Å². The number of phenols is 1. The highest BCUT2D eigenvalue weighted by atomic mass is 35.5. The fourth-order valence-corrected chi connectivity index (χ4v) is 9.76. The fourth-order valence-electron chi connectivity index (χ4n) is 9.57. The van der Waals surface area contributed by atoms with Crippen molar-refractivity contribution in [3.63, 3.8) is 0 Å². The van der Waals surface area contributed by atoms with E-state index in [4.69, 9.17) is 16.3 Å². The van der Waals surface area contributed by atoms with Crippen LogP contribution in [0.5, 0.6) is 11.5 Å². The minimum atomic E-state index is -0.973. The van der Waals surface area contributed by atoms with Crippen LogP contribution in [0.4, 0.5) is 5.69 Å². The zero-order valence-electron chi connectivity index (χ0n) is 34.9. The largest absolute Gasteiger partial charge is 0.508 e. The van der Waals surface area contributed by atoms with Crippen molar-refractivity contribution < 1.29 is 29.0 Å². The SMILES string of the molecule is CC1CN(c2ccc3c(c2)C(=O)N(C2CCC(=O)NC2=O)C3=O)CC(C)N1CC1CCN(CCOc2ccc(C(=C(CCCl)c3ccccc3)c3ccc(O)cc3)cc2)CC1. The second kappa shape index (κ2) is 18.6. The van der Waals surface area contributed by atoms with Gasteiger partial charge in [0.05, 0.1) is 11.1 Å².